The molecule has 156 valence electrons. The van der Waals surface area contributed by atoms with Crippen molar-refractivity contribution in [3.63, 3.8) is 0 Å². The maximum Gasteiger partial charge on any atom is 0.127 e. The number of allylic oxidation sites excluding steroid dienone is 2. The molecule has 1 aliphatic heterocycles. The summed E-state index contributed by atoms with van der Waals surface area (Å²) in [6.07, 6.45) is 7.62. The minimum absolute atomic E-state index is 0.293. The van der Waals surface area contributed by atoms with Gasteiger partial charge in [-0.05, 0) is 66.8 Å². The molecule has 1 N–H and O–H groups in total. The van der Waals surface area contributed by atoms with Gasteiger partial charge in [0.1, 0.15) is 5.75 Å². The number of nitrogens with zero attached hydrogens (tertiary/aromatic N) is 1. The quantitative estimate of drug-likeness (QED) is 0.351. The molecular formula is C27H25ClN2O. The average molecular weight is 429 g/mol. The largest absolute Gasteiger partial charge is 0.496 e. The minimum atomic E-state index is 0.293. The molecule has 5 rings (SSSR count). The van der Waals surface area contributed by atoms with Crippen LogP contribution in [0, 0.1) is 12.8 Å². The van der Waals surface area contributed by atoms with E-state index in [2.05, 4.69) is 71.8 Å². The van der Waals surface area contributed by atoms with Crippen LogP contribution in [0.1, 0.15) is 40.6 Å². The Labute approximate surface area is 188 Å². The summed E-state index contributed by atoms with van der Waals surface area (Å²) in [5, 5.41) is 4.46. The van der Waals surface area contributed by atoms with Crippen LogP contribution >= 0.6 is 11.6 Å². The van der Waals surface area contributed by atoms with Crippen LogP contribution in [0.3, 0.4) is 0 Å². The fourth-order valence-corrected chi connectivity index (χ4v) is 4.94. The Morgan fingerprint density at radius 2 is 1.90 bits per heavy atom. The first-order chi connectivity index (χ1) is 15.1. The summed E-state index contributed by atoms with van der Waals surface area (Å²) in [4.78, 5) is 4.63. The van der Waals surface area contributed by atoms with E-state index in [0.717, 1.165) is 23.4 Å². The highest BCUT2D eigenvalue weighted by molar-refractivity contribution is 6.30. The number of anilines is 1. The number of rotatable bonds is 4. The van der Waals surface area contributed by atoms with Crippen molar-refractivity contribution in [2.75, 3.05) is 12.4 Å². The maximum atomic E-state index is 6.12. The number of aliphatic imine (C=N–C) groups is 1. The van der Waals surface area contributed by atoms with Crippen molar-refractivity contribution >= 4 is 29.2 Å². The zero-order valence-corrected chi connectivity index (χ0v) is 18.4. The fraction of sp³-hybridized carbons (Fsp3) is 0.222. The van der Waals surface area contributed by atoms with Crippen LogP contribution in [0.2, 0.25) is 5.02 Å². The van der Waals surface area contributed by atoms with Crippen LogP contribution < -0.4 is 10.1 Å². The van der Waals surface area contributed by atoms with Gasteiger partial charge >= 0.3 is 0 Å². The smallest absolute Gasteiger partial charge is 0.127 e. The Kier molecular flexibility index (Phi) is 5.29. The summed E-state index contributed by atoms with van der Waals surface area (Å²) in [6, 6.07) is 21.1. The highest BCUT2D eigenvalue weighted by Crippen LogP contribution is 2.50. The van der Waals surface area contributed by atoms with Gasteiger partial charge in [-0.3, -0.25) is 4.99 Å². The zero-order valence-electron chi connectivity index (χ0n) is 17.7. The molecule has 31 heavy (non-hydrogen) atoms. The normalized spacial score (nSPS) is 21.6. The molecule has 3 aromatic carbocycles. The number of benzene rings is 3. The SMILES string of the molecule is COc1ccc(Cl)cc1C=Nc1ccc([C@@H]2Nc3ccc(C)cc3[C@H]3C=CC[C@@H]32)cc1. The van der Waals surface area contributed by atoms with Gasteiger partial charge in [0.25, 0.3) is 0 Å². The highest BCUT2D eigenvalue weighted by atomic mass is 35.5. The van der Waals surface area contributed by atoms with Gasteiger partial charge in [0.15, 0.2) is 0 Å². The highest BCUT2D eigenvalue weighted by Gasteiger charge is 2.37. The van der Waals surface area contributed by atoms with E-state index in [1.54, 1.807) is 13.3 Å². The molecule has 4 heteroatoms. The Morgan fingerprint density at radius 3 is 2.71 bits per heavy atom. The van der Waals surface area contributed by atoms with Crippen LogP contribution in [0.25, 0.3) is 0 Å². The van der Waals surface area contributed by atoms with E-state index >= 15 is 0 Å². The molecule has 2 aliphatic rings. The third kappa shape index (κ3) is 3.86. The van der Waals surface area contributed by atoms with E-state index < -0.39 is 0 Å². The number of fused-ring (bicyclic) bond motifs is 3. The van der Waals surface area contributed by atoms with Gasteiger partial charge in [0.2, 0.25) is 0 Å². The molecule has 0 unspecified atom stereocenters. The first-order valence-electron chi connectivity index (χ1n) is 10.6. The van der Waals surface area contributed by atoms with Gasteiger partial charge in [0, 0.05) is 28.4 Å². The number of hydrogen-bond acceptors (Lipinski definition) is 3. The Morgan fingerprint density at radius 1 is 1.06 bits per heavy atom. The Balaban J connectivity index is 1.39. The lowest BCUT2D eigenvalue weighted by molar-refractivity contribution is 0.414. The summed E-state index contributed by atoms with van der Waals surface area (Å²) in [5.74, 6) is 1.78. The maximum absolute atomic E-state index is 6.12. The van der Waals surface area contributed by atoms with Gasteiger partial charge < -0.3 is 10.1 Å². The molecule has 0 spiro atoms. The number of ether oxygens (including phenoxy) is 1. The molecule has 0 fully saturated rings. The van der Waals surface area contributed by atoms with Gasteiger partial charge in [0.05, 0.1) is 18.8 Å². The number of methoxy groups -OCH3 is 1. The van der Waals surface area contributed by atoms with E-state index in [-0.39, 0.29) is 0 Å². The molecule has 3 nitrogen and oxygen atoms in total. The van der Waals surface area contributed by atoms with E-state index in [9.17, 15) is 0 Å². The minimum Gasteiger partial charge on any atom is -0.496 e. The van der Waals surface area contributed by atoms with Gasteiger partial charge in [-0.15, -0.1) is 0 Å². The van der Waals surface area contributed by atoms with Gasteiger partial charge in [-0.1, -0.05) is 53.6 Å². The van der Waals surface area contributed by atoms with Gasteiger partial charge in [-0.2, -0.15) is 0 Å². The van der Waals surface area contributed by atoms with Gasteiger partial charge in [-0.25, -0.2) is 0 Å². The van der Waals surface area contributed by atoms with Crippen LogP contribution in [0.4, 0.5) is 11.4 Å². The summed E-state index contributed by atoms with van der Waals surface area (Å²) in [7, 11) is 1.65. The molecule has 0 saturated carbocycles. The summed E-state index contributed by atoms with van der Waals surface area (Å²) in [6.45, 7) is 2.16. The van der Waals surface area contributed by atoms with Crippen molar-refractivity contribution in [2.24, 2.45) is 10.9 Å². The molecule has 3 atom stereocenters. The molecule has 0 bridgehead atoms. The fourth-order valence-electron chi connectivity index (χ4n) is 4.76. The number of aryl methyl sites for hydroxylation is 1. The van der Waals surface area contributed by atoms with Crippen LogP contribution in [-0.4, -0.2) is 13.3 Å². The van der Waals surface area contributed by atoms with E-state index in [1.807, 2.05) is 18.2 Å². The van der Waals surface area contributed by atoms with Crippen molar-refractivity contribution in [3.8, 4) is 5.75 Å². The molecule has 3 aromatic rings. The van der Waals surface area contributed by atoms with Crippen molar-refractivity contribution in [1.82, 2.24) is 0 Å². The summed E-state index contributed by atoms with van der Waals surface area (Å²) in [5.41, 5.74) is 7.05. The molecule has 0 saturated heterocycles. The lowest BCUT2D eigenvalue weighted by atomic mass is 9.76. The number of nitrogens with one attached hydrogen (secondary N) is 1. The second-order valence-corrected chi connectivity index (χ2v) is 8.74. The molecule has 0 amide bonds. The first kappa shape index (κ1) is 19.9. The lowest BCUT2D eigenvalue weighted by Gasteiger charge is -2.37. The number of hydrogen-bond donors (Lipinski definition) is 1. The monoisotopic (exact) mass is 428 g/mol. The van der Waals surface area contributed by atoms with E-state index in [1.165, 1.54) is 22.4 Å². The molecule has 1 aliphatic carbocycles. The first-order valence-corrected chi connectivity index (χ1v) is 11.0. The second-order valence-electron chi connectivity index (χ2n) is 8.30. The van der Waals surface area contributed by atoms with E-state index in [4.69, 9.17) is 16.3 Å². The summed E-state index contributed by atoms with van der Waals surface area (Å²) >= 11 is 6.12. The third-order valence-corrected chi connectivity index (χ3v) is 6.55. The average Bonchev–Trinajstić information content (AvgIpc) is 3.28. The second kappa shape index (κ2) is 8.24. The van der Waals surface area contributed by atoms with Crippen LogP contribution in [-0.2, 0) is 0 Å². The topological polar surface area (TPSA) is 33.6 Å². The van der Waals surface area contributed by atoms with E-state index in [0.29, 0.717) is 22.9 Å². The Hall–Kier alpha value is -3.04. The molecular weight excluding hydrogens is 404 g/mol. The molecule has 1 heterocycles. The lowest BCUT2D eigenvalue weighted by Crippen LogP contribution is -2.29. The summed E-state index contributed by atoms with van der Waals surface area (Å²) < 4.78 is 5.40. The zero-order chi connectivity index (χ0) is 21.4. The van der Waals surface area contributed by atoms with Crippen molar-refractivity contribution in [2.45, 2.75) is 25.3 Å². The predicted octanol–water partition coefficient (Wildman–Crippen LogP) is 7.23. The van der Waals surface area contributed by atoms with Crippen molar-refractivity contribution < 1.29 is 4.74 Å². The van der Waals surface area contributed by atoms with Crippen LogP contribution in [0.15, 0.2) is 77.8 Å². The molecule has 0 radical (unpaired) electrons. The van der Waals surface area contributed by atoms with Crippen LogP contribution in [0.5, 0.6) is 5.75 Å². The third-order valence-electron chi connectivity index (χ3n) is 6.31. The number of halogens is 1. The van der Waals surface area contributed by atoms with Crippen molar-refractivity contribution in [1.29, 1.82) is 0 Å². The standard InChI is InChI=1S/C27H25ClN2O/c1-17-6-12-25-24(14-17)22-4-3-5-23(22)27(30-25)18-7-10-21(11-8-18)29-16-19-15-20(28)9-13-26(19)31-2/h3-4,6-16,22-23,27,30H,5H2,1-2H3/t22-,23-,27-/m0/s1. The predicted molar refractivity (Wildman–Crippen MR) is 129 cm³/mol. The van der Waals surface area contributed by atoms with Crippen molar-refractivity contribution in [3.05, 3.63) is 100 Å². The molecule has 0 aromatic heterocycles. The Bertz CT molecular complexity index is 1170.